The first-order chi connectivity index (χ1) is 13.7. The van der Waals surface area contributed by atoms with Gasteiger partial charge < -0.3 is 19.9 Å². The van der Waals surface area contributed by atoms with E-state index in [9.17, 15) is 14.4 Å². The molecule has 3 heterocycles. The number of likely N-dealkylation sites (tertiary alicyclic amines) is 2. The van der Waals surface area contributed by atoms with E-state index in [-0.39, 0.29) is 29.9 Å². The van der Waals surface area contributed by atoms with Crippen LogP contribution in [0.4, 0.5) is 4.79 Å². The zero-order valence-electron chi connectivity index (χ0n) is 17.5. The minimum atomic E-state index is -0.538. The summed E-state index contributed by atoms with van der Waals surface area (Å²) in [6.45, 7) is 7.86. The standard InChI is InChI=1S/C21H31N3O4S/c1-21(2,3)28-20(27)24-9-4-5-15(13-24)19(26)23-10-6-17(7-11-23)22-18(25)16-8-12-29-14-16/h8,12,14-15,17H,4-7,9-11,13H2,1-3H3,(H,22,25). The Kier molecular flexibility index (Phi) is 6.82. The number of thiophene rings is 1. The van der Waals surface area contributed by atoms with Gasteiger partial charge in [-0.2, -0.15) is 11.3 Å². The van der Waals surface area contributed by atoms with Gasteiger partial charge in [0.05, 0.1) is 5.92 Å². The Morgan fingerprint density at radius 2 is 1.83 bits per heavy atom. The van der Waals surface area contributed by atoms with Gasteiger partial charge in [0.25, 0.3) is 5.91 Å². The quantitative estimate of drug-likeness (QED) is 0.813. The van der Waals surface area contributed by atoms with E-state index in [1.807, 2.05) is 42.5 Å². The highest BCUT2D eigenvalue weighted by molar-refractivity contribution is 7.08. The normalized spacial score (nSPS) is 21.0. The van der Waals surface area contributed by atoms with E-state index in [4.69, 9.17) is 4.74 Å². The maximum Gasteiger partial charge on any atom is 0.410 e. The number of carbonyl (C=O) groups is 3. The maximum absolute atomic E-state index is 13.0. The van der Waals surface area contributed by atoms with Gasteiger partial charge >= 0.3 is 6.09 Å². The summed E-state index contributed by atoms with van der Waals surface area (Å²) in [5.41, 5.74) is 0.154. The van der Waals surface area contributed by atoms with E-state index >= 15 is 0 Å². The van der Waals surface area contributed by atoms with Crippen LogP contribution in [0.15, 0.2) is 16.8 Å². The smallest absolute Gasteiger partial charge is 0.410 e. The molecule has 1 aromatic rings. The van der Waals surface area contributed by atoms with Crippen molar-refractivity contribution >= 4 is 29.2 Å². The Morgan fingerprint density at radius 3 is 2.45 bits per heavy atom. The molecule has 1 aromatic heterocycles. The molecular formula is C21H31N3O4S. The first kappa shape index (κ1) is 21.6. The topological polar surface area (TPSA) is 79.0 Å². The Morgan fingerprint density at radius 1 is 1.10 bits per heavy atom. The van der Waals surface area contributed by atoms with Crippen molar-refractivity contribution in [1.29, 1.82) is 0 Å². The second-order valence-electron chi connectivity index (χ2n) is 8.85. The molecule has 0 spiro atoms. The average Bonchev–Trinajstić information content (AvgIpc) is 3.22. The van der Waals surface area contributed by atoms with Crippen LogP contribution >= 0.6 is 11.3 Å². The minimum Gasteiger partial charge on any atom is -0.444 e. The molecule has 7 nitrogen and oxygen atoms in total. The molecule has 8 heteroatoms. The number of rotatable bonds is 3. The van der Waals surface area contributed by atoms with Crippen molar-refractivity contribution in [3.63, 3.8) is 0 Å². The van der Waals surface area contributed by atoms with Crippen LogP contribution in [0, 0.1) is 5.92 Å². The van der Waals surface area contributed by atoms with E-state index in [2.05, 4.69) is 5.32 Å². The Balaban J connectivity index is 1.47. The highest BCUT2D eigenvalue weighted by Crippen LogP contribution is 2.23. The number of hydrogen-bond donors (Lipinski definition) is 1. The van der Waals surface area contributed by atoms with Crippen LogP contribution in [-0.4, -0.2) is 65.5 Å². The molecule has 29 heavy (non-hydrogen) atoms. The van der Waals surface area contributed by atoms with Crippen molar-refractivity contribution < 1.29 is 19.1 Å². The molecule has 3 amide bonds. The minimum absolute atomic E-state index is 0.0451. The third kappa shape index (κ3) is 5.95. The first-order valence-corrected chi connectivity index (χ1v) is 11.3. The van der Waals surface area contributed by atoms with Gasteiger partial charge in [0.15, 0.2) is 0 Å². The van der Waals surface area contributed by atoms with Gasteiger partial charge in [0, 0.05) is 43.2 Å². The highest BCUT2D eigenvalue weighted by atomic mass is 32.1. The molecular weight excluding hydrogens is 390 g/mol. The van der Waals surface area contributed by atoms with Gasteiger partial charge in [-0.15, -0.1) is 0 Å². The molecule has 3 rings (SSSR count). The fourth-order valence-corrected chi connectivity index (χ4v) is 4.47. The second kappa shape index (κ2) is 9.15. The van der Waals surface area contributed by atoms with Gasteiger partial charge in [-0.3, -0.25) is 9.59 Å². The molecule has 1 N–H and O–H groups in total. The number of nitrogens with zero attached hydrogens (tertiary/aromatic N) is 2. The predicted octanol–water partition coefficient (Wildman–Crippen LogP) is 3.12. The van der Waals surface area contributed by atoms with Crippen molar-refractivity contribution in [3.8, 4) is 0 Å². The Hall–Kier alpha value is -2.09. The fraction of sp³-hybridized carbons (Fsp3) is 0.667. The summed E-state index contributed by atoms with van der Waals surface area (Å²) in [6, 6.07) is 1.91. The summed E-state index contributed by atoms with van der Waals surface area (Å²) in [6.07, 6.45) is 2.77. The van der Waals surface area contributed by atoms with E-state index in [0.29, 0.717) is 31.7 Å². The molecule has 0 aromatic carbocycles. The Bertz CT molecular complexity index is 721. The van der Waals surface area contributed by atoms with Crippen LogP contribution in [-0.2, 0) is 9.53 Å². The lowest BCUT2D eigenvalue weighted by molar-refractivity contribution is -0.138. The molecule has 1 unspecified atom stereocenters. The van der Waals surface area contributed by atoms with Crippen molar-refractivity contribution in [1.82, 2.24) is 15.1 Å². The zero-order valence-corrected chi connectivity index (χ0v) is 18.3. The van der Waals surface area contributed by atoms with Crippen molar-refractivity contribution in [2.45, 2.75) is 58.1 Å². The number of piperidine rings is 2. The largest absolute Gasteiger partial charge is 0.444 e. The van der Waals surface area contributed by atoms with Crippen LogP contribution in [0.3, 0.4) is 0 Å². The number of amides is 3. The molecule has 0 saturated carbocycles. The lowest BCUT2D eigenvalue weighted by Crippen LogP contribution is -2.51. The van der Waals surface area contributed by atoms with Crippen LogP contribution < -0.4 is 5.32 Å². The monoisotopic (exact) mass is 421 g/mol. The molecule has 0 aliphatic carbocycles. The zero-order chi connectivity index (χ0) is 21.0. The second-order valence-corrected chi connectivity index (χ2v) is 9.63. The molecule has 0 bridgehead atoms. The lowest BCUT2D eigenvalue weighted by Gasteiger charge is -2.38. The maximum atomic E-state index is 13.0. The van der Waals surface area contributed by atoms with Gasteiger partial charge in [0.1, 0.15) is 5.60 Å². The Labute approximate surface area is 176 Å². The third-order valence-electron chi connectivity index (χ3n) is 5.35. The fourth-order valence-electron chi connectivity index (χ4n) is 3.84. The van der Waals surface area contributed by atoms with Crippen molar-refractivity contribution in [3.05, 3.63) is 22.4 Å². The van der Waals surface area contributed by atoms with Crippen molar-refractivity contribution in [2.24, 2.45) is 5.92 Å². The van der Waals surface area contributed by atoms with E-state index in [1.54, 1.807) is 4.90 Å². The van der Waals surface area contributed by atoms with E-state index in [1.165, 1.54) is 11.3 Å². The van der Waals surface area contributed by atoms with Gasteiger partial charge in [-0.1, -0.05) is 0 Å². The molecule has 2 fully saturated rings. The predicted molar refractivity (Wildman–Crippen MR) is 112 cm³/mol. The summed E-state index contributed by atoms with van der Waals surface area (Å²) in [7, 11) is 0. The summed E-state index contributed by atoms with van der Waals surface area (Å²) >= 11 is 1.50. The van der Waals surface area contributed by atoms with E-state index in [0.717, 1.165) is 25.7 Å². The van der Waals surface area contributed by atoms with Crippen LogP contribution in [0.1, 0.15) is 56.8 Å². The summed E-state index contributed by atoms with van der Waals surface area (Å²) < 4.78 is 5.46. The average molecular weight is 422 g/mol. The van der Waals surface area contributed by atoms with Crippen LogP contribution in [0.5, 0.6) is 0 Å². The van der Waals surface area contributed by atoms with Crippen molar-refractivity contribution in [2.75, 3.05) is 26.2 Å². The lowest BCUT2D eigenvalue weighted by atomic mass is 9.95. The highest BCUT2D eigenvalue weighted by Gasteiger charge is 2.34. The summed E-state index contributed by atoms with van der Waals surface area (Å²) in [5.74, 6) is -0.106. The van der Waals surface area contributed by atoms with E-state index < -0.39 is 5.60 Å². The molecule has 1 atom stereocenters. The molecule has 2 aliphatic rings. The number of nitrogens with one attached hydrogen (secondary N) is 1. The molecule has 160 valence electrons. The van der Waals surface area contributed by atoms with Gasteiger partial charge in [-0.05, 0) is 57.9 Å². The van der Waals surface area contributed by atoms with Gasteiger partial charge in [0.2, 0.25) is 5.91 Å². The number of hydrogen-bond acceptors (Lipinski definition) is 5. The molecule has 2 aliphatic heterocycles. The number of ether oxygens (including phenoxy) is 1. The van der Waals surface area contributed by atoms with Gasteiger partial charge in [-0.25, -0.2) is 4.79 Å². The summed E-state index contributed by atoms with van der Waals surface area (Å²) in [4.78, 5) is 41.1. The summed E-state index contributed by atoms with van der Waals surface area (Å²) in [5, 5.41) is 6.79. The first-order valence-electron chi connectivity index (χ1n) is 10.3. The molecule has 0 radical (unpaired) electrons. The third-order valence-corrected chi connectivity index (χ3v) is 6.03. The SMILES string of the molecule is CC(C)(C)OC(=O)N1CCCC(C(=O)N2CCC(NC(=O)c3ccsc3)CC2)C1. The number of carbonyl (C=O) groups excluding carboxylic acids is 3. The van der Waals surface area contributed by atoms with Crippen LogP contribution in [0.2, 0.25) is 0 Å². The van der Waals surface area contributed by atoms with Crippen LogP contribution in [0.25, 0.3) is 0 Å². The molecule has 2 saturated heterocycles.